The first-order valence-corrected chi connectivity index (χ1v) is 8.47. The second-order valence-corrected chi connectivity index (χ2v) is 6.93. The molecule has 130 valence electrons. The van der Waals surface area contributed by atoms with Crippen molar-refractivity contribution in [1.82, 2.24) is 0 Å². The van der Waals surface area contributed by atoms with Crippen LogP contribution in [0.15, 0.2) is 0 Å². The van der Waals surface area contributed by atoms with Gasteiger partial charge in [-0.15, -0.1) is 0 Å². The number of carboxylic acids is 1. The van der Waals surface area contributed by atoms with E-state index in [1.807, 2.05) is 0 Å². The fourth-order valence-corrected chi connectivity index (χ4v) is 2.10. The minimum absolute atomic E-state index is 0.0873. The van der Waals surface area contributed by atoms with E-state index in [4.69, 9.17) is 4.74 Å². The molecule has 0 aliphatic carbocycles. The molecule has 0 aliphatic rings. The Hall–Kier alpha value is -1.10. The largest absolute Gasteiger partial charge is 0.550 e. The van der Waals surface area contributed by atoms with E-state index in [2.05, 4.69) is 21.1 Å². The summed E-state index contributed by atoms with van der Waals surface area (Å²) in [6.07, 6.45) is 8.85. The Morgan fingerprint density at radius 2 is 1.27 bits per heavy atom. The smallest absolute Gasteiger partial charge is 0.305 e. The maximum atomic E-state index is 11.5. The molecule has 22 heavy (non-hydrogen) atoms. The minimum Gasteiger partial charge on any atom is -0.550 e. The second kappa shape index (κ2) is 12.4. The number of rotatable bonds is 14. The molecule has 0 heterocycles. The van der Waals surface area contributed by atoms with Gasteiger partial charge in [0.15, 0.2) is 0 Å². The van der Waals surface area contributed by atoms with E-state index in [0.717, 1.165) is 62.4 Å². The lowest BCUT2D eigenvalue weighted by Crippen LogP contribution is -2.37. The molecule has 0 aromatic rings. The monoisotopic (exact) mass is 315 g/mol. The van der Waals surface area contributed by atoms with Gasteiger partial charge in [0.25, 0.3) is 0 Å². The van der Waals surface area contributed by atoms with E-state index in [0.29, 0.717) is 13.0 Å². The van der Waals surface area contributed by atoms with Gasteiger partial charge in [0, 0.05) is 12.4 Å². The molecule has 0 atom stereocenters. The Bertz CT molecular complexity index is 310. The molecule has 0 saturated carbocycles. The van der Waals surface area contributed by atoms with E-state index >= 15 is 0 Å². The molecule has 0 unspecified atom stereocenters. The average molecular weight is 315 g/mol. The Kier molecular flexibility index (Phi) is 11.8. The van der Waals surface area contributed by atoms with Crippen LogP contribution < -0.4 is 5.11 Å². The van der Waals surface area contributed by atoms with Gasteiger partial charge in [-0.25, -0.2) is 0 Å². The SMILES string of the molecule is C[N+](C)(C)CCOC(=O)CCCCCCCCCCC(=O)[O-]. The Morgan fingerprint density at radius 3 is 1.73 bits per heavy atom. The van der Waals surface area contributed by atoms with Gasteiger partial charge in [-0.2, -0.15) is 0 Å². The van der Waals surface area contributed by atoms with Gasteiger partial charge in [0.05, 0.1) is 21.1 Å². The number of nitrogens with zero attached hydrogens (tertiary/aromatic N) is 1. The first-order valence-electron chi connectivity index (χ1n) is 8.47. The first-order chi connectivity index (χ1) is 10.3. The van der Waals surface area contributed by atoms with Crippen molar-refractivity contribution in [3.05, 3.63) is 0 Å². The van der Waals surface area contributed by atoms with Crippen LogP contribution in [0.1, 0.15) is 64.2 Å². The Morgan fingerprint density at radius 1 is 0.818 bits per heavy atom. The number of unbranched alkanes of at least 4 members (excludes halogenated alkanes) is 7. The van der Waals surface area contributed by atoms with Crippen LogP contribution in [0.4, 0.5) is 0 Å². The van der Waals surface area contributed by atoms with Crippen LogP contribution in [0, 0.1) is 0 Å². The normalized spacial score (nSPS) is 11.4. The van der Waals surface area contributed by atoms with Gasteiger partial charge >= 0.3 is 5.97 Å². The number of likely N-dealkylation sites (N-methyl/N-ethyl adjacent to an activating group) is 1. The van der Waals surface area contributed by atoms with E-state index in [9.17, 15) is 14.7 Å². The van der Waals surface area contributed by atoms with Crippen LogP contribution in [0.25, 0.3) is 0 Å². The number of ether oxygens (including phenoxy) is 1. The zero-order chi connectivity index (χ0) is 16.8. The molecule has 5 nitrogen and oxygen atoms in total. The summed E-state index contributed by atoms with van der Waals surface area (Å²) in [5.41, 5.74) is 0. The van der Waals surface area contributed by atoms with Gasteiger partial charge in [-0.1, -0.05) is 38.5 Å². The highest BCUT2D eigenvalue weighted by atomic mass is 16.5. The molecular formula is C17H33NO4. The van der Waals surface area contributed by atoms with Crippen molar-refractivity contribution in [3.63, 3.8) is 0 Å². The quantitative estimate of drug-likeness (QED) is 0.279. The van der Waals surface area contributed by atoms with Crippen LogP contribution >= 0.6 is 0 Å². The van der Waals surface area contributed by atoms with E-state index in [1.165, 1.54) is 0 Å². The maximum absolute atomic E-state index is 11.5. The summed E-state index contributed by atoms with van der Waals surface area (Å²) >= 11 is 0. The summed E-state index contributed by atoms with van der Waals surface area (Å²) in [5, 5.41) is 10.2. The second-order valence-electron chi connectivity index (χ2n) is 6.93. The summed E-state index contributed by atoms with van der Waals surface area (Å²) in [7, 11) is 6.23. The third-order valence-corrected chi connectivity index (χ3v) is 3.54. The van der Waals surface area contributed by atoms with Crippen molar-refractivity contribution < 1.29 is 23.9 Å². The number of quaternary nitrogens is 1. The number of carbonyl (C=O) groups excluding carboxylic acids is 2. The Labute approximate surface area is 135 Å². The molecule has 0 saturated heterocycles. The molecule has 0 amide bonds. The summed E-state index contributed by atoms with van der Waals surface area (Å²) in [4.78, 5) is 21.7. The first kappa shape index (κ1) is 20.9. The number of hydrogen-bond donors (Lipinski definition) is 0. The van der Waals surface area contributed by atoms with Crippen molar-refractivity contribution in [2.45, 2.75) is 64.2 Å². The number of hydrogen-bond acceptors (Lipinski definition) is 4. The number of aliphatic carboxylic acids is 1. The van der Waals surface area contributed by atoms with Gasteiger partial charge in [0.1, 0.15) is 13.2 Å². The van der Waals surface area contributed by atoms with E-state index in [1.54, 1.807) is 0 Å². The van der Waals surface area contributed by atoms with Crippen LogP contribution in [-0.4, -0.2) is 50.7 Å². The lowest BCUT2D eigenvalue weighted by atomic mass is 10.1. The fourth-order valence-electron chi connectivity index (χ4n) is 2.10. The topological polar surface area (TPSA) is 66.4 Å². The van der Waals surface area contributed by atoms with Crippen molar-refractivity contribution >= 4 is 11.9 Å². The van der Waals surface area contributed by atoms with Crippen LogP contribution in [0.2, 0.25) is 0 Å². The average Bonchev–Trinajstić information content (AvgIpc) is 2.39. The fraction of sp³-hybridized carbons (Fsp3) is 0.882. The third-order valence-electron chi connectivity index (χ3n) is 3.54. The van der Waals surface area contributed by atoms with E-state index in [-0.39, 0.29) is 12.4 Å². The molecule has 0 bridgehead atoms. The van der Waals surface area contributed by atoms with Gasteiger partial charge in [0.2, 0.25) is 0 Å². The summed E-state index contributed by atoms with van der Waals surface area (Å²) in [6.45, 7) is 1.33. The molecule has 0 fully saturated rings. The van der Waals surface area contributed by atoms with Gasteiger partial charge < -0.3 is 19.1 Å². The van der Waals surface area contributed by atoms with Crippen LogP contribution in [-0.2, 0) is 14.3 Å². The molecular weight excluding hydrogens is 282 g/mol. The molecule has 0 aliphatic heterocycles. The molecule has 0 radical (unpaired) electrons. The van der Waals surface area contributed by atoms with Crippen LogP contribution in [0.3, 0.4) is 0 Å². The Balaban J connectivity index is 3.25. The van der Waals surface area contributed by atoms with Crippen LogP contribution in [0.5, 0.6) is 0 Å². The number of carbonyl (C=O) groups is 2. The molecule has 0 aromatic carbocycles. The van der Waals surface area contributed by atoms with E-state index < -0.39 is 5.97 Å². The highest BCUT2D eigenvalue weighted by Gasteiger charge is 2.09. The standard InChI is InChI=1S/C17H33NO4/c1-18(2,3)14-15-22-17(21)13-11-9-7-5-4-6-8-10-12-16(19)20/h4-15H2,1-3H3. The van der Waals surface area contributed by atoms with Crippen molar-refractivity contribution in [1.29, 1.82) is 0 Å². The zero-order valence-corrected chi connectivity index (χ0v) is 14.6. The number of esters is 1. The predicted octanol–water partition coefficient (Wildman–Crippen LogP) is 1.89. The highest BCUT2D eigenvalue weighted by Crippen LogP contribution is 2.10. The van der Waals surface area contributed by atoms with Gasteiger partial charge in [-0.05, 0) is 19.3 Å². The molecule has 5 heteroatoms. The lowest BCUT2D eigenvalue weighted by Gasteiger charge is -2.23. The zero-order valence-electron chi connectivity index (χ0n) is 14.6. The molecule has 0 N–H and O–H groups in total. The van der Waals surface area contributed by atoms with Crippen molar-refractivity contribution in [3.8, 4) is 0 Å². The van der Waals surface area contributed by atoms with Gasteiger partial charge in [-0.3, -0.25) is 4.79 Å². The number of carboxylic acid groups (broad SMARTS) is 1. The summed E-state index contributed by atoms with van der Waals surface area (Å²) in [6, 6.07) is 0. The van der Waals surface area contributed by atoms with Crippen molar-refractivity contribution in [2.75, 3.05) is 34.3 Å². The molecule has 0 rings (SSSR count). The van der Waals surface area contributed by atoms with Crippen molar-refractivity contribution in [2.24, 2.45) is 0 Å². The third kappa shape index (κ3) is 17.0. The minimum atomic E-state index is -0.951. The molecule has 0 aromatic heterocycles. The summed E-state index contributed by atoms with van der Waals surface area (Å²) < 4.78 is 6.00. The summed E-state index contributed by atoms with van der Waals surface area (Å²) in [5.74, 6) is -1.04. The maximum Gasteiger partial charge on any atom is 0.305 e. The highest BCUT2D eigenvalue weighted by molar-refractivity contribution is 5.69. The molecule has 0 spiro atoms. The predicted molar refractivity (Wildman–Crippen MR) is 85.0 cm³/mol. The lowest BCUT2D eigenvalue weighted by molar-refractivity contribution is -0.870.